The van der Waals surface area contributed by atoms with Gasteiger partial charge in [-0.3, -0.25) is 4.79 Å². The Morgan fingerprint density at radius 3 is 1.67 bits per heavy atom. The molecule has 0 saturated carbocycles. The zero-order valence-corrected chi connectivity index (χ0v) is 4.99. The van der Waals surface area contributed by atoms with Crippen molar-refractivity contribution in [3.05, 3.63) is 0 Å². The summed E-state index contributed by atoms with van der Waals surface area (Å²) in [6.07, 6.45) is -4.73. The van der Waals surface area contributed by atoms with Crippen molar-refractivity contribution in [2.45, 2.75) is 6.18 Å². The average molecular weight is 141 g/mol. The van der Waals surface area contributed by atoms with Gasteiger partial charge in [0.2, 0.25) is 0 Å². The predicted octanol–water partition coefficient (Wildman–Crippen LogP) is 0.637. The molecule has 0 atom stereocenters. The van der Waals surface area contributed by atoms with Crippen LogP contribution in [0.5, 0.6) is 0 Å². The maximum absolute atomic E-state index is 11.3. The Kier molecular flexibility index (Phi) is 2.06. The van der Waals surface area contributed by atoms with Crippen molar-refractivity contribution in [3.8, 4) is 0 Å². The molecule has 0 spiro atoms. The summed E-state index contributed by atoms with van der Waals surface area (Å²) >= 11 is 0. The predicted molar refractivity (Wildman–Crippen MR) is 24.7 cm³/mol. The van der Waals surface area contributed by atoms with Gasteiger partial charge in [-0.25, -0.2) is 0 Å². The second kappa shape index (κ2) is 2.24. The molecule has 1 amide bonds. The third kappa shape index (κ3) is 2.34. The van der Waals surface area contributed by atoms with Gasteiger partial charge >= 0.3 is 12.1 Å². The molecule has 0 rings (SSSR count). The van der Waals surface area contributed by atoms with Crippen LogP contribution in [-0.2, 0) is 4.79 Å². The number of hydrogen-bond donors (Lipinski definition) is 0. The lowest BCUT2D eigenvalue weighted by Crippen LogP contribution is -2.35. The van der Waals surface area contributed by atoms with Crippen LogP contribution >= 0.6 is 0 Å². The van der Waals surface area contributed by atoms with E-state index in [4.69, 9.17) is 0 Å². The fraction of sp³-hybridized carbons (Fsp3) is 0.750. The van der Waals surface area contributed by atoms with Crippen molar-refractivity contribution in [1.82, 2.24) is 4.90 Å². The molecule has 0 aromatic rings. The van der Waals surface area contributed by atoms with Gasteiger partial charge in [0.05, 0.1) is 0 Å². The van der Waals surface area contributed by atoms with Gasteiger partial charge in [-0.15, -0.1) is 0 Å². The monoisotopic (exact) mass is 141 g/mol. The average Bonchev–Trinajstić information content (AvgIpc) is 1.62. The molecule has 0 radical (unpaired) electrons. The van der Waals surface area contributed by atoms with Crippen LogP contribution in [0.1, 0.15) is 0 Å². The Hall–Kier alpha value is -0.740. The molecule has 0 aliphatic carbocycles. The van der Waals surface area contributed by atoms with Crippen LogP contribution in [0, 0.1) is 0 Å². The lowest BCUT2D eigenvalue weighted by molar-refractivity contribution is -0.182. The van der Waals surface area contributed by atoms with Crippen LogP contribution in [-0.4, -0.2) is 31.1 Å². The molecule has 0 heterocycles. The first-order valence-corrected chi connectivity index (χ1v) is 2.14. The highest BCUT2D eigenvalue weighted by Gasteiger charge is 2.39. The third-order valence-corrected chi connectivity index (χ3v) is 0.649. The number of hydrogen-bond acceptors (Lipinski definition) is 1. The van der Waals surface area contributed by atoms with E-state index in [1.165, 1.54) is 0 Å². The summed E-state index contributed by atoms with van der Waals surface area (Å²) in [5.74, 6) is -1.83. The molecule has 0 bridgehead atoms. The van der Waals surface area contributed by atoms with Gasteiger partial charge in [-0.05, 0) is 0 Å². The number of nitrogens with zero attached hydrogens (tertiary/aromatic N) is 1. The third-order valence-electron chi connectivity index (χ3n) is 0.649. The summed E-state index contributed by atoms with van der Waals surface area (Å²) in [4.78, 5) is 10.5. The van der Waals surface area contributed by atoms with Crippen molar-refractivity contribution >= 4 is 5.91 Å². The van der Waals surface area contributed by atoms with E-state index < -0.39 is 12.1 Å². The molecule has 0 aliphatic rings. The molecule has 0 fully saturated rings. The van der Waals surface area contributed by atoms with Gasteiger partial charge in [0.15, 0.2) is 0 Å². The number of rotatable bonds is 0. The van der Waals surface area contributed by atoms with Crippen molar-refractivity contribution in [2.24, 2.45) is 0 Å². The summed E-state index contributed by atoms with van der Waals surface area (Å²) in [7, 11) is 2.10. The van der Waals surface area contributed by atoms with E-state index in [1.54, 1.807) is 0 Å². The highest BCUT2D eigenvalue weighted by atomic mass is 19.4. The van der Waals surface area contributed by atoms with Gasteiger partial charge in [-0.1, -0.05) is 0 Å². The van der Waals surface area contributed by atoms with Crippen LogP contribution in [0.15, 0.2) is 0 Å². The van der Waals surface area contributed by atoms with Crippen LogP contribution in [0.3, 0.4) is 0 Å². The minimum absolute atomic E-state index is 0.486. The van der Waals surface area contributed by atoms with Crippen molar-refractivity contribution in [3.63, 3.8) is 0 Å². The Morgan fingerprint density at radius 2 is 1.67 bits per heavy atom. The van der Waals surface area contributed by atoms with Crippen LogP contribution in [0.4, 0.5) is 13.2 Å². The Bertz CT molecular complexity index is 117. The molecule has 0 N–H and O–H groups in total. The van der Waals surface area contributed by atoms with Crippen LogP contribution in [0.25, 0.3) is 0 Å². The van der Waals surface area contributed by atoms with E-state index in [1.807, 2.05) is 0 Å². The fourth-order valence-electron chi connectivity index (χ4n) is 0.254. The fourth-order valence-corrected chi connectivity index (χ4v) is 0.254. The van der Waals surface area contributed by atoms with E-state index in [2.05, 4.69) is 0 Å². The molecule has 54 valence electrons. The van der Waals surface area contributed by atoms with Gasteiger partial charge in [0, 0.05) is 14.1 Å². The minimum Gasteiger partial charge on any atom is -0.341 e. The first-order valence-electron chi connectivity index (χ1n) is 2.14. The molecular formula is C4H6F3NO. The molecule has 9 heavy (non-hydrogen) atoms. The number of carbonyl (C=O) groups is 1. The number of amides is 1. The van der Waals surface area contributed by atoms with Gasteiger partial charge in [-0.2, -0.15) is 13.2 Å². The number of carbonyl (C=O) groups excluding carboxylic acids is 1. The van der Waals surface area contributed by atoms with E-state index in [9.17, 15) is 18.0 Å². The van der Waals surface area contributed by atoms with Crippen molar-refractivity contribution < 1.29 is 18.0 Å². The maximum atomic E-state index is 11.3. The highest BCUT2D eigenvalue weighted by Crippen LogP contribution is 2.16. The van der Waals surface area contributed by atoms with Gasteiger partial charge in [0.1, 0.15) is 0 Å². The molecule has 5 heteroatoms. The zero-order chi connectivity index (χ0) is 7.65. The summed E-state index contributed by atoms with van der Waals surface area (Å²) in [5.41, 5.74) is 0. The molecule has 2 nitrogen and oxygen atoms in total. The first kappa shape index (κ1) is 8.26. The normalized spacial score (nSPS) is 11.2. The van der Waals surface area contributed by atoms with E-state index >= 15 is 0 Å². The topological polar surface area (TPSA) is 20.3 Å². The minimum atomic E-state index is -4.73. The molecular weight excluding hydrogens is 135 g/mol. The Morgan fingerprint density at radius 1 is 1.33 bits per heavy atom. The summed E-state index contributed by atoms with van der Waals surface area (Å²) in [5, 5.41) is 0. The van der Waals surface area contributed by atoms with Gasteiger partial charge in [0.25, 0.3) is 0 Å². The quantitative estimate of drug-likeness (QED) is 0.484. The number of halogens is 3. The summed E-state index contributed by atoms with van der Waals surface area (Å²) in [6.45, 7) is 0. The molecule has 0 aromatic carbocycles. The maximum Gasteiger partial charge on any atom is 0.471 e. The number of alkyl halides is 3. The van der Waals surface area contributed by atoms with Crippen molar-refractivity contribution in [1.29, 1.82) is 0 Å². The van der Waals surface area contributed by atoms with E-state index in [0.717, 1.165) is 14.1 Å². The second-order valence-electron chi connectivity index (χ2n) is 1.70. The highest BCUT2D eigenvalue weighted by molar-refractivity contribution is 5.81. The van der Waals surface area contributed by atoms with E-state index in [0.29, 0.717) is 4.90 Å². The molecule has 0 saturated heterocycles. The Labute approximate surface area is 50.3 Å². The lowest BCUT2D eigenvalue weighted by Gasteiger charge is -2.11. The van der Waals surface area contributed by atoms with Crippen LogP contribution < -0.4 is 0 Å². The zero-order valence-electron chi connectivity index (χ0n) is 4.99. The largest absolute Gasteiger partial charge is 0.471 e. The lowest BCUT2D eigenvalue weighted by atomic mass is 10.5. The summed E-state index contributed by atoms with van der Waals surface area (Å²) in [6, 6.07) is 0. The van der Waals surface area contributed by atoms with Gasteiger partial charge < -0.3 is 4.90 Å². The SMILES string of the molecule is CN(C)C(=O)C(F)(F)F. The smallest absolute Gasteiger partial charge is 0.341 e. The Balaban J connectivity index is 4.06. The van der Waals surface area contributed by atoms with E-state index in [-0.39, 0.29) is 0 Å². The summed E-state index contributed by atoms with van der Waals surface area (Å²) < 4.78 is 33.9. The molecule has 0 aromatic heterocycles. The first-order chi connectivity index (χ1) is 3.85. The molecule has 0 aliphatic heterocycles. The van der Waals surface area contributed by atoms with Crippen LogP contribution in [0.2, 0.25) is 0 Å². The second-order valence-corrected chi connectivity index (χ2v) is 1.70. The van der Waals surface area contributed by atoms with Crippen molar-refractivity contribution in [2.75, 3.05) is 14.1 Å². The molecule has 0 unspecified atom stereocenters. The standard InChI is InChI=1S/C4H6F3NO/c1-8(2)3(9)4(5,6)7/h1-2H3.